The van der Waals surface area contributed by atoms with Gasteiger partial charge < -0.3 is 34.5 Å². The number of likely N-dealkylation sites (tertiary alicyclic amines) is 1. The lowest BCUT2D eigenvalue weighted by atomic mass is 10.0. The molecule has 4 aromatic rings. The third-order valence-corrected chi connectivity index (χ3v) is 8.28. The maximum absolute atomic E-state index is 13.6. The molecule has 240 valence electrons. The average Bonchev–Trinajstić information content (AvgIpc) is 3.45. The van der Waals surface area contributed by atoms with E-state index in [9.17, 15) is 14.4 Å². The van der Waals surface area contributed by atoms with Crippen LogP contribution in [0, 0.1) is 0 Å². The molecule has 4 bridgehead atoms. The number of carbonyl (C=O) groups excluding carboxylic acids is 3. The molecule has 0 saturated carbocycles. The Bertz CT molecular complexity index is 1770. The van der Waals surface area contributed by atoms with Crippen LogP contribution < -0.4 is 29.6 Å². The molecule has 5 heterocycles. The summed E-state index contributed by atoms with van der Waals surface area (Å²) in [6, 6.07) is 12.0. The lowest BCUT2D eigenvalue weighted by Crippen LogP contribution is -2.58. The standard InChI is InChI=1S/C33H36N6O7/c1-38-26-13-22(16-34-24(26)17-36-38)33(42)39-11-10-27-25(18-39)37-32(41)19-45-30-12-20(4-8-28(30)43-2)5-9-31(40)35-15-21-6-7-23(46-27)14-29(21)44-3/h4,6-8,12-14,16-17,25,27H,5,9-11,15,18-19H2,1-3H3,(H,35,40)(H,37,41)/t25-,27+/m1/s1. The van der Waals surface area contributed by atoms with Crippen LogP contribution in [0.4, 0.5) is 0 Å². The van der Waals surface area contributed by atoms with Crippen molar-refractivity contribution in [3.8, 4) is 23.0 Å². The first kappa shape index (κ1) is 30.7. The molecular formula is C33H36N6O7. The number of nitrogens with zero attached hydrogens (tertiary/aromatic N) is 4. The van der Waals surface area contributed by atoms with Crippen LogP contribution >= 0.6 is 0 Å². The summed E-state index contributed by atoms with van der Waals surface area (Å²) in [7, 11) is 4.88. The molecule has 3 amide bonds. The largest absolute Gasteiger partial charge is 0.496 e. The van der Waals surface area contributed by atoms with Crippen LogP contribution in [-0.4, -0.2) is 83.4 Å². The zero-order valence-corrected chi connectivity index (χ0v) is 25.9. The number of piperidine rings is 1. The predicted molar refractivity (Wildman–Crippen MR) is 167 cm³/mol. The van der Waals surface area contributed by atoms with Crippen molar-refractivity contribution in [1.29, 1.82) is 0 Å². The van der Waals surface area contributed by atoms with Crippen LogP contribution in [0.2, 0.25) is 0 Å². The number of benzene rings is 2. The van der Waals surface area contributed by atoms with Gasteiger partial charge in [-0.25, -0.2) is 0 Å². The van der Waals surface area contributed by atoms with E-state index in [0.717, 1.165) is 16.6 Å². The highest BCUT2D eigenvalue weighted by molar-refractivity contribution is 5.96. The van der Waals surface area contributed by atoms with Gasteiger partial charge in [-0.3, -0.25) is 24.0 Å². The van der Waals surface area contributed by atoms with Gasteiger partial charge in [0.25, 0.3) is 11.8 Å². The fraction of sp³-hybridized carbons (Fsp3) is 0.364. The molecule has 13 heteroatoms. The molecule has 46 heavy (non-hydrogen) atoms. The SMILES string of the molecule is COc1cc2ccc1CNC(=O)CCc1ccc(OC)c(c1)OCC(=O)N[C@@H]1CN(C(=O)c3cnc4cnn(C)c4c3)CC[C@@H]1O2. The van der Waals surface area contributed by atoms with Gasteiger partial charge in [0.1, 0.15) is 23.1 Å². The smallest absolute Gasteiger partial charge is 0.258 e. The van der Waals surface area contributed by atoms with E-state index in [4.69, 9.17) is 18.9 Å². The fourth-order valence-electron chi connectivity index (χ4n) is 5.76. The van der Waals surface area contributed by atoms with Crippen molar-refractivity contribution in [3.05, 3.63) is 71.5 Å². The zero-order valence-electron chi connectivity index (χ0n) is 25.9. The third kappa shape index (κ3) is 6.67. The van der Waals surface area contributed by atoms with Crippen LogP contribution in [0.3, 0.4) is 0 Å². The summed E-state index contributed by atoms with van der Waals surface area (Å²) in [5.74, 6) is 1.26. The number of rotatable bonds is 3. The summed E-state index contributed by atoms with van der Waals surface area (Å²) >= 11 is 0. The number of amides is 3. The van der Waals surface area contributed by atoms with Gasteiger partial charge in [-0.15, -0.1) is 0 Å². The van der Waals surface area contributed by atoms with Gasteiger partial charge in [0.15, 0.2) is 18.1 Å². The Hall–Kier alpha value is -5.33. The van der Waals surface area contributed by atoms with Gasteiger partial charge in [-0.05, 0) is 42.3 Å². The first-order chi connectivity index (χ1) is 22.3. The molecule has 1 saturated heterocycles. The molecule has 2 aromatic carbocycles. The molecule has 0 aliphatic carbocycles. The zero-order chi connectivity index (χ0) is 32.2. The maximum Gasteiger partial charge on any atom is 0.258 e. The molecule has 0 radical (unpaired) electrons. The molecule has 2 N–H and O–H groups in total. The minimum atomic E-state index is -0.553. The topological polar surface area (TPSA) is 146 Å². The average molecular weight is 629 g/mol. The Balaban J connectivity index is 1.27. The minimum Gasteiger partial charge on any atom is -0.496 e. The molecular weight excluding hydrogens is 592 g/mol. The number of ether oxygens (including phenoxy) is 4. The van der Waals surface area contributed by atoms with Crippen molar-refractivity contribution in [3.63, 3.8) is 0 Å². The summed E-state index contributed by atoms with van der Waals surface area (Å²) < 4.78 is 25.0. The van der Waals surface area contributed by atoms with Crippen LogP contribution in [0.5, 0.6) is 23.0 Å². The van der Waals surface area contributed by atoms with Gasteiger partial charge in [-0.2, -0.15) is 5.10 Å². The first-order valence-corrected chi connectivity index (χ1v) is 15.1. The summed E-state index contributed by atoms with van der Waals surface area (Å²) in [6.45, 7) is 0.610. The fourth-order valence-corrected chi connectivity index (χ4v) is 5.76. The van der Waals surface area contributed by atoms with Crippen molar-refractivity contribution in [2.24, 2.45) is 7.05 Å². The molecule has 0 spiro atoms. The van der Waals surface area contributed by atoms with Gasteiger partial charge in [0, 0.05) is 57.4 Å². The van der Waals surface area contributed by atoms with E-state index in [1.807, 2.05) is 18.2 Å². The van der Waals surface area contributed by atoms with Crippen molar-refractivity contribution < 1.29 is 33.3 Å². The van der Waals surface area contributed by atoms with E-state index >= 15 is 0 Å². The lowest BCUT2D eigenvalue weighted by Gasteiger charge is -2.39. The predicted octanol–water partition coefficient (Wildman–Crippen LogP) is 2.41. The Kier molecular flexibility index (Phi) is 8.90. The van der Waals surface area contributed by atoms with Gasteiger partial charge in [0.2, 0.25) is 5.91 Å². The van der Waals surface area contributed by atoms with Crippen LogP contribution in [0.1, 0.15) is 34.3 Å². The summed E-state index contributed by atoms with van der Waals surface area (Å²) in [4.78, 5) is 45.7. The highest BCUT2D eigenvalue weighted by atomic mass is 16.5. The summed E-state index contributed by atoms with van der Waals surface area (Å²) in [6.07, 6.45) is 3.93. The van der Waals surface area contributed by atoms with Gasteiger partial charge in [0.05, 0.1) is 37.5 Å². The number of hydrogen-bond donors (Lipinski definition) is 2. The Morgan fingerprint density at radius 2 is 1.85 bits per heavy atom. The number of methoxy groups -OCH3 is 2. The number of hydrogen-bond acceptors (Lipinski definition) is 9. The quantitative estimate of drug-likeness (QED) is 0.349. The second-order valence-electron chi connectivity index (χ2n) is 11.3. The van der Waals surface area contributed by atoms with Crippen molar-refractivity contribution in [1.82, 2.24) is 30.3 Å². The van der Waals surface area contributed by atoms with Crippen LogP contribution in [0.25, 0.3) is 11.0 Å². The molecule has 2 atom stereocenters. The second kappa shape index (κ2) is 13.3. The number of nitrogens with one attached hydrogen (secondary N) is 2. The molecule has 3 aliphatic rings. The van der Waals surface area contributed by atoms with E-state index in [-0.39, 0.29) is 43.8 Å². The Labute approximate surface area is 265 Å². The summed E-state index contributed by atoms with van der Waals surface area (Å²) in [5, 5.41) is 10.2. The number of aryl methyl sites for hydroxylation is 2. The third-order valence-electron chi connectivity index (χ3n) is 8.28. The number of aromatic nitrogens is 3. The molecule has 7 rings (SSSR count). The molecule has 0 unspecified atom stereocenters. The highest BCUT2D eigenvalue weighted by Crippen LogP contribution is 2.30. The Morgan fingerprint density at radius 3 is 2.67 bits per heavy atom. The Morgan fingerprint density at radius 1 is 1.00 bits per heavy atom. The highest BCUT2D eigenvalue weighted by Gasteiger charge is 2.35. The van der Waals surface area contributed by atoms with E-state index in [0.29, 0.717) is 53.5 Å². The molecule has 2 aromatic heterocycles. The monoisotopic (exact) mass is 628 g/mol. The first-order valence-electron chi connectivity index (χ1n) is 15.1. The van der Waals surface area contributed by atoms with Gasteiger partial charge >= 0.3 is 0 Å². The lowest BCUT2D eigenvalue weighted by molar-refractivity contribution is -0.125. The van der Waals surface area contributed by atoms with Crippen molar-refractivity contribution in [2.75, 3.05) is 33.9 Å². The number of pyridine rings is 1. The van der Waals surface area contributed by atoms with Crippen molar-refractivity contribution in [2.45, 2.75) is 38.0 Å². The van der Waals surface area contributed by atoms with Crippen molar-refractivity contribution >= 4 is 28.8 Å². The normalized spacial score (nSPS) is 19.0. The van der Waals surface area contributed by atoms with E-state index < -0.39 is 12.1 Å². The minimum absolute atomic E-state index is 0.113. The molecule has 3 aliphatic heterocycles. The maximum atomic E-state index is 13.6. The van der Waals surface area contributed by atoms with Crippen LogP contribution in [-0.2, 0) is 29.6 Å². The van der Waals surface area contributed by atoms with E-state index in [2.05, 4.69) is 20.7 Å². The molecule has 1 fully saturated rings. The number of fused-ring (bicyclic) bond motifs is 10. The van der Waals surface area contributed by atoms with Crippen LogP contribution in [0.15, 0.2) is 54.9 Å². The van der Waals surface area contributed by atoms with E-state index in [1.165, 1.54) is 7.11 Å². The summed E-state index contributed by atoms with van der Waals surface area (Å²) in [5.41, 5.74) is 3.54. The van der Waals surface area contributed by atoms with Gasteiger partial charge in [-0.1, -0.05) is 6.07 Å². The van der Waals surface area contributed by atoms with E-state index in [1.54, 1.807) is 60.4 Å². The second-order valence-corrected chi connectivity index (χ2v) is 11.3. The number of carbonyl (C=O) groups is 3. The molecule has 13 nitrogen and oxygen atoms in total.